The molecule has 21 heavy (non-hydrogen) atoms. The van der Waals surface area contributed by atoms with E-state index in [-0.39, 0.29) is 29.2 Å². The van der Waals surface area contributed by atoms with E-state index < -0.39 is 5.97 Å². The quantitative estimate of drug-likeness (QED) is 0.859. The first-order valence-corrected chi connectivity index (χ1v) is 7.23. The zero-order valence-electron chi connectivity index (χ0n) is 11.4. The molecule has 2 amide bonds. The zero-order valence-corrected chi connectivity index (χ0v) is 12.2. The minimum atomic E-state index is -1.03. The van der Waals surface area contributed by atoms with E-state index in [1.54, 1.807) is 19.9 Å². The summed E-state index contributed by atoms with van der Waals surface area (Å²) in [6, 6.07) is 4.53. The van der Waals surface area contributed by atoms with Crippen molar-refractivity contribution in [3.05, 3.63) is 23.8 Å². The maximum absolute atomic E-state index is 12.2. The van der Waals surface area contributed by atoms with Gasteiger partial charge in [-0.25, -0.2) is 14.7 Å². The highest BCUT2D eigenvalue weighted by Gasteiger charge is 2.44. The summed E-state index contributed by atoms with van der Waals surface area (Å²) in [5.74, 6) is -2.27. The predicted molar refractivity (Wildman–Crippen MR) is 77.4 cm³/mol. The molecule has 6 nitrogen and oxygen atoms in total. The van der Waals surface area contributed by atoms with Gasteiger partial charge in [0, 0.05) is 11.8 Å². The standard InChI is InChI=1S/C14H12N2O4S/c1-6-7(2)12(18)16(11(6)17)14-15-9-4-3-8(13(19)20)5-10(9)21-14/h3-7H,1-2H3,(H,19,20). The highest BCUT2D eigenvalue weighted by atomic mass is 32.1. The van der Waals surface area contributed by atoms with Gasteiger partial charge in [-0.2, -0.15) is 0 Å². The van der Waals surface area contributed by atoms with Crippen molar-refractivity contribution in [2.45, 2.75) is 13.8 Å². The van der Waals surface area contributed by atoms with Crippen molar-refractivity contribution in [3.8, 4) is 0 Å². The summed E-state index contributed by atoms with van der Waals surface area (Å²) in [5.41, 5.74) is 0.728. The lowest BCUT2D eigenvalue weighted by atomic mass is 10.00. The molecule has 108 valence electrons. The van der Waals surface area contributed by atoms with Crippen molar-refractivity contribution in [2.24, 2.45) is 11.8 Å². The molecular weight excluding hydrogens is 292 g/mol. The summed E-state index contributed by atoms with van der Waals surface area (Å²) in [6.45, 7) is 3.45. The Kier molecular flexibility index (Phi) is 3.02. The van der Waals surface area contributed by atoms with Crippen molar-refractivity contribution >= 4 is 44.5 Å². The number of imide groups is 1. The lowest BCUT2D eigenvalue weighted by Crippen LogP contribution is -2.30. The van der Waals surface area contributed by atoms with Crippen LogP contribution in [0.3, 0.4) is 0 Å². The fourth-order valence-corrected chi connectivity index (χ4v) is 3.29. The minimum Gasteiger partial charge on any atom is -0.478 e. The summed E-state index contributed by atoms with van der Waals surface area (Å²) < 4.78 is 0.637. The Morgan fingerprint density at radius 3 is 2.43 bits per heavy atom. The Morgan fingerprint density at radius 2 is 1.86 bits per heavy atom. The minimum absolute atomic E-state index is 0.151. The van der Waals surface area contributed by atoms with E-state index in [2.05, 4.69) is 4.98 Å². The van der Waals surface area contributed by atoms with E-state index in [0.717, 1.165) is 16.2 Å². The van der Waals surface area contributed by atoms with E-state index in [1.165, 1.54) is 12.1 Å². The number of thiazole rings is 1. The SMILES string of the molecule is CC1C(=O)N(c2nc3ccc(C(=O)O)cc3s2)C(=O)C1C. The van der Waals surface area contributed by atoms with Gasteiger partial charge in [-0.1, -0.05) is 25.2 Å². The van der Waals surface area contributed by atoms with Crippen LogP contribution >= 0.6 is 11.3 Å². The molecule has 1 fully saturated rings. The lowest BCUT2D eigenvalue weighted by molar-refractivity contribution is -0.122. The number of rotatable bonds is 2. The van der Waals surface area contributed by atoms with Crippen LogP contribution in [0.4, 0.5) is 5.13 Å². The number of nitrogens with zero attached hydrogens (tertiary/aromatic N) is 2. The Labute approximate surface area is 124 Å². The van der Waals surface area contributed by atoms with Gasteiger partial charge >= 0.3 is 5.97 Å². The molecule has 0 saturated carbocycles. The molecule has 0 spiro atoms. The van der Waals surface area contributed by atoms with Crippen LogP contribution in [-0.4, -0.2) is 27.9 Å². The number of hydrogen-bond donors (Lipinski definition) is 1. The number of hydrogen-bond acceptors (Lipinski definition) is 5. The van der Waals surface area contributed by atoms with Crippen molar-refractivity contribution in [3.63, 3.8) is 0 Å². The maximum Gasteiger partial charge on any atom is 0.335 e. The molecule has 7 heteroatoms. The van der Waals surface area contributed by atoms with E-state index in [1.807, 2.05) is 0 Å². The number of carboxylic acids is 1. The molecule has 1 aromatic heterocycles. The number of carboxylic acid groups (broad SMARTS) is 1. The number of fused-ring (bicyclic) bond motifs is 1. The smallest absolute Gasteiger partial charge is 0.335 e. The van der Waals surface area contributed by atoms with Crippen LogP contribution in [0.2, 0.25) is 0 Å². The second-order valence-electron chi connectivity index (χ2n) is 5.07. The molecular formula is C14H12N2O4S. The van der Waals surface area contributed by atoms with Crippen molar-refractivity contribution in [1.82, 2.24) is 4.98 Å². The normalized spacial score (nSPS) is 22.3. The number of aromatic nitrogens is 1. The molecule has 2 heterocycles. The van der Waals surface area contributed by atoms with E-state index in [9.17, 15) is 14.4 Å². The number of carbonyl (C=O) groups excluding carboxylic acids is 2. The van der Waals surface area contributed by atoms with Gasteiger partial charge in [0.2, 0.25) is 11.8 Å². The van der Waals surface area contributed by atoms with Gasteiger partial charge in [-0.3, -0.25) is 9.59 Å². The molecule has 1 aromatic carbocycles. The summed E-state index contributed by atoms with van der Waals surface area (Å²) >= 11 is 1.15. The van der Waals surface area contributed by atoms with Gasteiger partial charge in [0.25, 0.3) is 0 Å². The van der Waals surface area contributed by atoms with E-state index in [4.69, 9.17) is 5.11 Å². The summed E-state index contributed by atoms with van der Waals surface area (Å²) in [4.78, 5) is 40.7. The maximum atomic E-state index is 12.2. The van der Waals surface area contributed by atoms with Crippen LogP contribution in [0.5, 0.6) is 0 Å². The first-order valence-electron chi connectivity index (χ1n) is 6.42. The molecule has 1 saturated heterocycles. The molecule has 0 bridgehead atoms. The molecule has 3 rings (SSSR count). The van der Waals surface area contributed by atoms with Crippen LogP contribution in [0.15, 0.2) is 18.2 Å². The third-order valence-corrected chi connectivity index (χ3v) is 4.79. The third kappa shape index (κ3) is 2.01. The average molecular weight is 304 g/mol. The first-order chi connectivity index (χ1) is 9.90. The molecule has 2 atom stereocenters. The van der Waals surface area contributed by atoms with Gasteiger partial charge in [-0.05, 0) is 18.2 Å². The van der Waals surface area contributed by atoms with Crippen molar-refractivity contribution < 1.29 is 19.5 Å². The predicted octanol–water partition coefficient (Wildman–Crippen LogP) is 2.14. The largest absolute Gasteiger partial charge is 0.478 e. The second-order valence-corrected chi connectivity index (χ2v) is 6.08. The van der Waals surface area contributed by atoms with Gasteiger partial charge in [-0.15, -0.1) is 0 Å². The molecule has 1 N–H and O–H groups in total. The van der Waals surface area contributed by atoms with Crippen molar-refractivity contribution in [2.75, 3.05) is 4.90 Å². The molecule has 0 aliphatic carbocycles. The Morgan fingerprint density at radius 1 is 1.24 bits per heavy atom. The van der Waals surface area contributed by atoms with Gasteiger partial charge < -0.3 is 5.11 Å². The average Bonchev–Trinajstić information content (AvgIpc) is 2.94. The van der Waals surface area contributed by atoms with Crippen LogP contribution in [-0.2, 0) is 9.59 Å². The number of amides is 2. The topological polar surface area (TPSA) is 87.6 Å². The number of aromatic carboxylic acids is 1. The van der Waals surface area contributed by atoms with Gasteiger partial charge in [0.15, 0.2) is 5.13 Å². The highest BCUT2D eigenvalue weighted by molar-refractivity contribution is 7.22. The fourth-order valence-electron chi connectivity index (χ4n) is 2.27. The first kappa shape index (κ1) is 13.7. The molecule has 2 unspecified atom stereocenters. The lowest BCUT2D eigenvalue weighted by Gasteiger charge is -2.09. The van der Waals surface area contributed by atoms with Crippen LogP contribution < -0.4 is 4.90 Å². The van der Waals surface area contributed by atoms with E-state index in [0.29, 0.717) is 15.3 Å². The molecule has 1 aliphatic rings. The van der Waals surface area contributed by atoms with E-state index >= 15 is 0 Å². The van der Waals surface area contributed by atoms with Crippen LogP contribution in [0.25, 0.3) is 10.2 Å². The highest BCUT2D eigenvalue weighted by Crippen LogP contribution is 2.35. The Balaban J connectivity index is 2.07. The number of carbonyl (C=O) groups is 3. The van der Waals surface area contributed by atoms with Gasteiger partial charge in [0.1, 0.15) is 0 Å². The fraction of sp³-hybridized carbons (Fsp3) is 0.286. The zero-order chi connectivity index (χ0) is 15.3. The molecule has 1 aliphatic heterocycles. The monoisotopic (exact) mass is 304 g/mol. The third-order valence-electron chi connectivity index (χ3n) is 3.79. The van der Waals surface area contributed by atoms with Gasteiger partial charge in [0.05, 0.1) is 15.8 Å². The number of benzene rings is 1. The summed E-state index contributed by atoms with van der Waals surface area (Å²) in [5, 5.41) is 9.29. The van der Waals surface area contributed by atoms with Crippen molar-refractivity contribution in [1.29, 1.82) is 0 Å². The molecule has 0 radical (unpaired) electrons. The summed E-state index contributed by atoms with van der Waals surface area (Å²) in [7, 11) is 0. The van der Waals surface area contributed by atoms with Crippen LogP contribution in [0, 0.1) is 11.8 Å². The Bertz CT molecular complexity index is 762. The number of anilines is 1. The second kappa shape index (κ2) is 4.63. The van der Waals surface area contributed by atoms with Crippen LogP contribution in [0.1, 0.15) is 24.2 Å². The summed E-state index contributed by atoms with van der Waals surface area (Å²) in [6.07, 6.45) is 0. The Hall–Kier alpha value is -2.28. The molecule has 2 aromatic rings.